The number of nitrogens with zero attached hydrogens (tertiary/aromatic N) is 2. The lowest BCUT2D eigenvalue weighted by Gasteiger charge is -2.08. The second-order valence-corrected chi connectivity index (χ2v) is 6.23. The van der Waals surface area contributed by atoms with Gasteiger partial charge in [-0.05, 0) is 18.2 Å². The Morgan fingerprint density at radius 2 is 1.84 bits per heavy atom. The fourth-order valence-electron chi connectivity index (χ4n) is 1.43. The first-order valence-corrected chi connectivity index (χ1v) is 7.30. The minimum absolute atomic E-state index is 0.233. The first-order chi connectivity index (χ1) is 8.95. The van der Waals surface area contributed by atoms with Crippen LogP contribution in [0.2, 0.25) is 10.0 Å². The van der Waals surface area contributed by atoms with Crippen molar-refractivity contribution < 1.29 is 0 Å². The molecule has 0 aliphatic carbocycles. The van der Waals surface area contributed by atoms with Crippen LogP contribution in [0.1, 0.15) is 25.6 Å². The highest BCUT2D eigenvalue weighted by molar-refractivity contribution is 7.99. The molecule has 0 bridgehead atoms. The number of nitrogen functional groups attached to an aromatic ring is 1. The molecule has 0 spiro atoms. The first-order valence-electron chi connectivity index (χ1n) is 5.73. The molecule has 0 radical (unpaired) electrons. The monoisotopic (exact) mass is 313 g/mol. The lowest BCUT2D eigenvalue weighted by Crippen LogP contribution is -2.02. The van der Waals surface area contributed by atoms with Gasteiger partial charge in [-0.2, -0.15) is 0 Å². The molecule has 2 rings (SSSR count). The van der Waals surface area contributed by atoms with Gasteiger partial charge in [-0.25, -0.2) is 9.97 Å². The summed E-state index contributed by atoms with van der Waals surface area (Å²) in [5, 5.41) is 1.86. The topological polar surface area (TPSA) is 51.8 Å². The van der Waals surface area contributed by atoms with Crippen molar-refractivity contribution >= 4 is 40.8 Å². The minimum Gasteiger partial charge on any atom is -0.384 e. The zero-order chi connectivity index (χ0) is 14.0. The third-order valence-electron chi connectivity index (χ3n) is 2.37. The van der Waals surface area contributed by atoms with Crippen molar-refractivity contribution in [3.8, 4) is 0 Å². The number of anilines is 1. The molecular weight excluding hydrogens is 301 g/mol. The summed E-state index contributed by atoms with van der Waals surface area (Å²) < 4.78 is 0. The van der Waals surface area contributed by atoms with Crippen LogP contribution >= 0.6 is 35.0 Å². The maximum Gasteiger partial charge on any atom is 0.134 e. The molecule has 3 nitrogen and oxygen atoms in total. The van der Waals surface area contributed by atoms with E-state index in [2.05, 4.69) is 9.97 Å². The summed E-state index contributed by atoms with van der Waals surface area (Å²) in [6.45, 7) is 4.06. The van der Waals surface area contributed by atoms with Crippen molar-refractivity contribution in [2.75, 3.05) is 5.73 Å². The highest BCUT2D eigenvalue weighted by Gasteiger charge is 2.08. The number of benzene rings is 1. The second kappa shape index (κ2) is 5.99. The quantitative estimate of drug-likeness (QED) is 0.839. The summed E-state index contributed by atoms with van der Waals surface area (Å²) in [6.07, 6.45) is 0. The maximum absolute atomic E-state index is 5.99. The molecule has 0 unspecified atom stereocenters. The predicted molar refractivity (Wildman–Crippen MR) is 81.1 cm³/mol. The Bertz CT molecular complexity index is 602. The molecular formula is C13H13Cl2N3S. The van der Waals surface area contributed by atoms with Crippen LogP contribution in [-0.2, 0) is 0 Å². The largest absolute Gasteiger partial charge is 0.384 e. The molecule has 1 aromatic heterocycles. The molecule has 19 heavy (non-hydrogen) atoms. The van der Waals surface area contributed by atoms with Gasteiger partial charge in [-0.15, -0.1) is 0 Å². The number of hydrogen-bond donors (Lipinski definition) is 1. The Labute approximate surface area is 126 Å². The Hall–Kier alpha value is -0.970. The molecule has 0 atom stereocenters. The standard InChI is InChI=1S/C13H13Cl2N3S/c1-7(2)13-17-11(16)6-12(18-13)19-8-3-4-9(14)10(15)5-8/h3-7H,1-2H3,(H2,16,17,18). The van der Waals surface area contributed by atoms with Gasteiger partial charge in [0.05, 0.1) is 10.0 Å². The summed E-state index contributed by atoms with van der Waals surface area (Å²) in [6, 6.07) is 7.22. The molecule has 2 N–H and O–H groups in total. The summed E-state index contributed by atoms with van der Waals surface area (Å²) in [7, 11) is 0. The van der Waals surface area contributed by atoms with Crippen LogP contribution in [0.25, 0.3) is 0 Å². The maximum atomic E-state index is 5.99. The normalized spacial score (nSPS) is 11.0. The van der Waals surface area contributed by atoms with Crippen LogP contribution in [0.15, 0.2) is 34.2 Å². The first kappa shape index (κ1) is 14.4. The van der Waals surface area contributed by atoms with E-state index >= 15 is 0 Å². The molecule has 100 valence electrons. The highest BCUT2D eigenvalue weighted by Crippen LogP contribution is 2.32. The van der Waals surface area contributed by atoms with Crippen LogP contribution < -0.4 is 5.73 Å². The molecule has 0 saturated carbocycles. The summed E-state index contributed by atoms with van der Waals surface area (Å²) >= 11 is 13.4. The van der Waals surface area contributed by atoms with Crippen molar-refractivity contribution in [1.29, 1.82) is 0 Å². The molecule has 0 aliphatic rings. The number of aromatic nitrogens is 2. The van der Waals surface area contributed by atoms with E-state index < -0.39 is 0 Å². The van der Waals surface area contributed by atoms with Crippen LogP contribution in [0.5, 0.6) is 0 Å². The third-order valence-corrected chi connectivity index (χ3v) is 4.02. The lowest BCUT2D eigenvalue weighted by molar-refractivity contribution is 0.756. The SMILES string of the molecule is CC(C)c1nc(N)cc(Sc2ccc(Cl)c(Cl)c2)n1. The van der Waals surface area contributed by atoms with E-state index in [-0.39, 0.29) is 5.92 Å². The summed E-state index contributed by atoms with van der Waals surface area (Å²) in [5.41, 5.74) is 5.79. The number of rotatable bonds is 3. The van der Waals surface area contributed by atoms with Crippen LogP contribution in [0, 0.1) is 0 Å². The zero-order valence-corrected chi connectivity index (χ0v) is 12.9. The molecule has 2 aromatic rings. The van der Waals surface area contributed by atoms with E-state index in [4.69, 9.17) is 28.9 Å². The minimum atomic E-state index is 0.233. The molecule has 0 fully saturated rings. The number of hydrogen-bond acceptors (Lipinski definition) is 4. The summed E-state index contributed by atoms with van der Waals surface area (Å²) in [5.74, 6) is 1.44. The van der Waals surface area contributed by atoms with Crippen molar-refractivity contribution in [1.82, 2.24) is 9.97 Å². The van der Waals surface area contributed by atoms with Crippen molar-refractivity contribution in [2.24, 2.45) is 0 Å². The van der Waals surface area contributed by atoms with Gasteiger partial charge < -0.3 is 5.73 Å². The van der Waals surface area contributed by atoms with E-state index in [9.17, 15) is 0 Å². The molecule has 1 aromatic carbocycles. The van der Waals surface area contributed by atoms with E-state index in [1.807, 2.05) is 26.0 Å². The average Bonchev–Trinajstić information content (AvgIpc) is 2.33. The van der Waals surface area contributed by atoms with E-state index in [0.29, 0.717) is 15.9 Å². The van der Waals surface area contributed by atoms with E-state index in [0.717, 1.165) is 15.7 Å². The highest BCUT2D eigenvalue weighted by atomic mass is 35.5. The zero-order valence-electron chi connectivity index (χ0n) is 10.5. The Morgan fingerprint density at radius 3 is 2.47 bits per heavy atom. The van der Waals surface area contributed by atoms with Crippen molar-refractivity contribution in [2.45, 2.75) is 29.7 Å². The van der Waals surface area contributed by atoms with Crippen molar-refractivity contribution in [3.63, 3.8) is 0 Å². The molecule has 6 heteroatoms. The van der Waals surface area contributed by atoms with E-state index in [1.54, 1.807) is 12.1 Å². The average molecular weight is 314 g/mol. The van der Waals surface area contributed by atoms with Gasteiger partial charge in [0.2, 0.25) is 0 Å². The fraction of sp³-hybridized carbons (Fsp3) is 0.231. The Kier molecular flexibility index (Phi) is 4.55. The van der Waals surface area contributed by atoms with Gasteiger partial charge in [-0.1, -0.05) is 48.8 Å². The van der Waals surface area contributed by atoms with Crippen molar-refractivity contribution in [3.05, 3.63) is 40.1 Å². The smallest absolute Gasteiger partial charge is 0.134 e. The number of halogens is 2. The fourth-order valence-corrected chi connectivity index (χ4v) is 2.67. The van der Waals surface area contributed by atoms with Crippen LogP contribution in [0.4, 0.5) is 5.82 Å². The van der Waals surface area contributed by atoms with Gasteiger partial charge in [-0.3, -0.25) is 0 Å². The van der Waals surface area contributed by atoms with Gasteiger partial charge in [0.25, 0.3) is 0 Å². The number of nitrogens with two attached hydrogens (primary N) is 1. The van der Waals surface area contributed by atoms with Gasteiger partial charge >= 0.3 is 0 Å². The van der Waals surface area contributed by atoms with Gasteiger partial charge in [0.15, 0.2) is 0 Å². The molecule has 0 amide bonds. The van der Waals surface area contributed by atoms with Gasteiger partial charge in [0, 0.05) is 16.9 Å². The third kappa shape index (κ3) is 3.75. The predicted octanol–water partition coefficient (Wildman–Crippen LogP) is 4.64. The van der Waals surface area contributed by atoms with Gasteiger partial charge in [0.1, 0.15) is 16.7 Å². The van der Waals surface area contributed by atoms with Crippen LogP contribution in [-0.4, -0.2) is 9.97 Å². The molecule has 0 saturated heterocycles. The van der Waals surface area contributed by atoms with E-state index in [1.165, 1.54) is 11.8 Å². The Balaban J connectivity index is 2.29. The van der Waals surface area contributed by atoms with Crippen LogP contribution in [0.3, 0.4) is 0 Å². The molecule has 0 aliphatic heterocycles. The molecule has 1 heterocycles. The summed E-state index contributed by atoms with van der Waals surface area (Å²) in [4.78, 5) is 9.65. The second-order valence-electron chi connectivity index (χ2n) is 4.32. The lowest BCUT2D eigenvalue weighted by atomic mass is 10.2. The Morgan fingerprint density at radius 1 is 1.11 bits per heavy atom.